The van der Waals surface area contributed by atoms with Gasteiger partial charge in [0.25, 0.3) is 0 Å². The van der Waals surface area contributed by atoms with Crippen LogP contribution < -0.4 is 5.43 Å². The molecule has 122 valence electrons. The average Bonchev–Trinajstić information content (AvgIpc) is 3.02. The Hall–Kier alpha value is -3.02. The molecule has 0 unspecified atom stereocenters. The van der Waals surface area contributed by atoms with E-state index < -0.39 is 0 Å². The van der Waals surface area contributed by atoms with Gasteiger partial charge in [-0.25, -0.2) is 10.1 Å². The first kappa shape index (κ1) is 15.9. The summed E-state index contributed by atoms with van der Waals surface area (Å²) in [6, 6.07) is 17.7. The number of hydrazone groups is 1. The van der Waals surface area contributed by atoms with Crippen LogP contribution in [0.4, 0.5) is 0 Å². The number of carbonyl (C=O) groups excluding carboxylic acids is 1. The molecule has 0 fully saturated rings. The smallest absolute Gasteiger partial charge is 0.240 e. The summed E-state index contributed by atoms with van der Waals surface area (Å²) in [6.07, 6.45) is 1.11. The van der Waals surface area contributed by atoms with Crippen molar-refractivity contribution in [2.75, 3.05) is 0 Å². The monoisotopic (exact) mass is 321 g/mol. The third kappa shape index (κ3) is 4.04. The molecule has 0 atom stereocenters. The highest BCUT2D eigenvalue weighted by Gasteiger charge is 2.05. The highest BCUT2D eigenvalue weighted by Crippen LogP contribution is 2.09. The fourth-order valence-electron chi connectivity index (χ4n) is 2.40. The number of hydrogen-bond acceptors (Lipinski definition) is 4. The van der Waals surface area contributed by atoms with Gasteiger partial charge in [-0.1, -0.05) is 47.7 Å². The van der Waals surface area contributed by atoms with Gasteiger partial charge in [0.05, 0.1) is 17.8 Å². The molecule has 0 spiro atoms. The Morgan fingerprint density at radius 3 is 2.71 bits per heavy atom. The second-order valence-electron chi connectivity index (χ2n) is 5.60. The fraction of sp³-hybridized carbons (Fsp3) is 0.222. The van der Waals surface area contributed by atoms with E-state index in [1.54, 1.807) is 4.68 Å². The summed E-state index contributed by atoms with van der Waals surface area (Å²) in [7, 11) is 0. The average molecular weight is 321 g/mol. The predicted molar refractivity (Wildman–Crippen MR) is 93.5 cm³/mol. The molecule has 2 aromatic carbocycles. The number of carbonyl (C=O) groups is 1. The van der Waals surface area contributed by atoms with Crippen molar-refractivity contribution in [3.05, 3.63) is 60.2 Å². The zero-order chi connectivity index (χ0) is 16.8. The van der Waals surface area contributed by atoms with Crippen molar-refractivity contribution in [1.82, 2.24) is 20.4 Å². The Balaban J connectivity index is 1.53. The van der Waals surface area contributed by atoms with E-state index in [2.05, 4.69) is 20.8 Å². The minimum Gasteiger partial charge on any atom is -0.273 e. The Labute approximate surface area is 140 Å². The first-order valence-corrected chi connectivity index (χ1v) is 7.86. The summed E-state index contributed by atoms with van der Waals surface area (Å²) in [5.74, 6) is -0.0957. The van der Waals surface area contributed by atoms with E-state index in [1.807, 2.05) is 61.5 Å². The lowest BCUT2D eigenvalue weighted by atomic mass is 10.1. The van der Waals surface area contributed by atoms with Crippen LogP contribution in [0.1, 0.15) is 18.9 Å². The number of benzene rings is 2. The first-order chi connectivity index (χ1) is 11.7. The molecule has 1 heterocycles. The van der Waals surface area contributed by atoms with E-state index in [0.717, 1.165) is 22.3 Å². The van der Waals surface area contributed by atoms with Crippen molar-refractivity contribution in [3.8, 4) is 0 Å². The van der Waals surface area contributed by atoms with Crippen LogP contribution in [0.25, 0.3) is 11.0 Å². The molecule has 3 rings (SSSR count). The summed E-state index contributed by atoms with van der Waals surface area (Å²) in [5, 5.41) is 12.4. The minimum atomic E-state index is -0.0957. The number of nitrogens with one attached hydrogen (secondary N) is 1. The maximum absolute atomic E-state index is 11.9. The molecule has 0 aliphatic rings. The maximum Gasteiger partial charge on any atom is 0.240 e. The lowest BCUT2D eigenvalue weighted by molar-refractivity contribution is -0.121. The van der Waals surface area contributed by atoms with Crippen LogP contribution in [0.2, 0.25) is 0 Å². The topological polar surface area (TPSA) is 72.2 Å². The lowest BCUT2D eigenvalue weighted by Crippen LogP contribution is -2.21. The maximum atomic E-state index is 11.9. The van der Waals surface area contributed by atoms with Crippen molar-refractivity contribution < 1.29 is 4.79 Å². The Morgan fingerprint density at radius 1 is 1.12 bits per heavy atom. The van der Waals surface area contributed by atoms with Crippen LogP contribution in [0.15, 0.2) is 59.7 Å². The van der Waals surface area contributed by atoms with Crippen LogP contribution in [0.3, 0.4) is 0 Å². The number of amides is 1. The van der Waals surface area contributed by atoms with Gasteiger partial charge in [0.15, 0.2) is 0 Å². The number of rotatable bonds is 6. The lowest BCUT2D eigenvalue weighted by Gasteiger charge is -2.04. The van der Waals surface area contributed by atoms with Gasteiger partial charge in [-0.2, -0.15) is 5.10 Å². The summed E-state index contributed by atoms with van der Waals surface area (Å²) in [4.78, 5) is 11.9. The summed E-state index contributed by atoms with van der Waals surface area (Å²) >= 11 is 0. The van der Waals surface area contributed by atoms with E-state index in [9.17, 15) is 4.79 Å². The Kier molecular flexibility index (Phi) is 4.96. The van der Waals surface area contributed by atoms with E-state index in [0.29, 0.717) is 19.4 Å². The molecule has 6 nitrogen and oxygen atoms in total. The molecular formula is C18H19N5O. The number of aryl methyl sites for hydroxylation is 1. The fourth-order valence-corrected chi connectivity index (χ4v) is 2.40. The highest BCUT2D eigenvalue weighted by atomic mass is 16.2. The molecule has 24 heavy (non-hydrogen) atoms. The Morgan fingerprint density at radius 2 is 1.88 bits per heavy atom. The molecule has 0 aliphatic carbocycles. The van der Waals surface area contributed by atoms with Gasteiger partial charge in [0.1, 0.15) is 5.52 Å². The molecule has 1 amide bonds. The van der Waals surface area contributed by atoms with Crippen molar-refractivity contribution in [2.45, 2.75) is 26.3 Å². The van der Waals surface area contributed by atoms with E-state index in [1.165, 1.54) is 0 Å². The van der Waals surface area contributed by atoms with Gasteiger partial charge in [-0.05, 0) is 31.0 Å². The van der Waals surface area contributed by atoms with Crippen LogP contribution in [0, 0.1) is 0 Å². The second kappa shape index (κ2) is 7.50. The zero-order valence-corrected chi connectivity index (χ0v) is 13.5. The van der Waals surface area contributed by atoms with E-state index in [-0.39, 0.29) is 5.91 Å². The second-order valence-corrected chi connectivity index (χ2v) is 5.60. The molecule has 0 bridgehead atoms. The van der Waals surface area contributed by atoms with E-state index >= 15 is 0 Å². The SMILES string of the molecule is CC(Cn1nnc2ccccc21)=NNC(=O)CCc1ccccc1. The van der Waals surface area contributed by atoms with Crippen molar-refractivity contribution >= 4 is 22.7 Å². The molecule has 0 saturated carbocycles. The van der Waals surface area contributed by atoms with Crippen LogP contribution in [-0.2, 0) is 17.8 Å². The van der Waals surface area contributed by atoms with Gasteiger partial charge < -0.3 is 0 Å². The quantitative estimate of drug-likeness (QED) is 0.560. The normalized spacial score (nSPS) is 11.6. The van der Waals surface area contributed by atoms with Gasteiger partial charge in [0, 0.05) is 6.42 Å². The van der Waals surface area contributed by atoms with Crippen LogP contribution in [0.5, 0.6) is 0 Å². The molecular weight excluding hydrogens is 302 g/mol. The molecule has 6 heteroatoms. The molecule has 1 aromatic heterocycles. The van der Waals surface area contributed by atoms with Crippen LogP contribution >= 0.6 is 0 Å². The Bertz CT molecular complexity index is 854. The third-order valence-corrected chi connectivity index (χ3v) is 3.65. The van der Waals surface area contributed by atoms with Gasteiger partial charge in [-0.3, -0.25) is 4.79 Å². The van der Waals surface area contributed by atoms with Crippen molar-refractivity contribution in [2.24, 2.45) is 5.10 Å². The first-order valence-electron chi connectivity index (χ1n) is 7.86. The van der Waals surface area contributed by atoms with Gasteiger partial charge in [0.2, 0.25) is 5.91 Å². The largest absolute Gasteiger partial charge is 0.273 e. The highest BCUT2D eigenvalue weighted by molar-refractivity contribution is 5.85. The number of nitrogens with zero attached hydrogens (tertiary/aromatic N) is 4. The molecule has 0 aliphatic heterocycles. The third-order valence-electron chi connectivity index (χ3n) is 3.65. The minimum absolute atomic E-state index is 0.0957. The molecule has 0 radical (unpaired) electrons. The number of aromatic nitrogens is 3. The van der Waals surface area contributed by atoms with Crippen molar-refractivity contribution in [1.29, 1.82) is 0 Å². The predicted octanol–water partition coefficient (Wildman–Crippen LogP) is 2.56. The summed E-state index contributed by atoms with van der Waals surface area (Å²) in [6.45, 7) is 2.34. The summed E-state index contributed by atoms with van der Waals surface area (Å²) in [5.41, 5.74) is 6.30. The zero-order valence-electron chi connectivity index (χ0n) is 13.5. The van der Waals surface area contributed by atoms with Crippen molar-refractivity contribution in [3.63, 3.8) is 0 Å². The number of fused-ring (bicyclic) bond motifs is 1. The molecule has 3 aromatic rings. The van der Waals surface area contributed by atoms with E-state index in [4.69, 9.17) is 0 Å². The number of hydrogen-bond donors (Lipinski definition) is 1. The molecule has 0 saturated heterocycles. The van der Waals surface area contributed by atoms with Crippen LogP contribution in [-0.4, -0.2) is 26.6 Å². The number of para-hydroxylation sites is 1. The summed E-state index contributed by atoms with van der Waals surface area (Å²) < 4.78 is 1.77. The standard InChI is InChI=1S/C18H19N5O/c1-14(13-23-17-10-6-5-9-16(17)20-22-23)19-21-18(24)12-11-15-7-3-2-4-8-15/h2-10H,11-13H2,1H3,(H,21,24). The van der Waals surface area contributed by atoms with Gasteiger partial charge in [-0.15, -0.1) is 5.10 Å². The van der Waals surface area contributed by atoms with Gasteiger partial charge >= 0.3 is 0 Å². The molecule has 1 N–H and O–H groups in total.